The van der Waals surface area contributed by atoms with Crippen molar-refractivity contribution in [1.29, 1.82) is 0 Å². The Hall–Kier alpha value is -4.07. The van der Waals surface area contributed by atoms with Crippen molar-refractivity contribution in [2.75, 3.05) is 47.9 Å². The highest BCUT2D eigenvalue weighted by atomic mass is 16.6. The van der Waals surface area contributed by atoms with Gasteiger partial charge in [-0.15, -0.1) is 0 Å². The molecule has 4 rings (SSSR count). The van der Waals surface area contributed by atoms with E-state index in [9.17, 15) is 9.59 Å². The van der Waals surface area contributed by atoms with Gasteiger partial charge in [0.2, 0.25) is 11.5 Å². The molecule has 1 amide bonds. The van der Waals surface area contributed by atoms with E-state index in [0.717, 1.165) is 37.6 Å². The molecule has 0 spiro atoms. The fraction of sp³-hybridized carbons (Fsp3) is 0.387. The fourth-order valence-corrected chi connectivity index (χ4v) is 5.38. The number of rotatable bonds is 11. The Bertz CT molecular complexity index is 1350. The van der Waals surface area contributed by atoms with Gasteiger partial charge in [0, 0.05) is 67.9 Å². The van der Waals surface area contributed by atoms with Crippen LogP contribution in [-0.4, -0.2) is 49.6 Å². The molecule has 8 heteroatoms. The van der Waals surface area contributed by atoms with Crippen LogP contribution in [0.1, 0.15) is 68.7 Å². The van der Waals surface area contributed by atoms with Gasteiger partial charge in [0.1, 0.15) is 11.4 Å². The third-order valence-electron chi connectivity index (χ3n) is 7.20. The van der Waals surface area contributed by atoms with Gasteiger partial charge in [-0.05, 0) is 71.0 Å². The lowest BCUT2D eigenvalue weighted by molar-refractivity contribution is -0.114. The Morgan fingerprint density at radius 3 is 2.13 bits per heavy atom. The monoisotopic (exact) mass is 530 g/mol. The van der Waals surface area contributed by atoms with Crippen molar-refractivity contribution in [3.05, 3.63) is 77.1 Å². The molecule has 0 bridgehead atoms. The molecule has 0 fully saturated rings. The number of carbonyl (C=O) groups excluding carboxylic acids is 2. The normalized spacial score (nSPS) is 15.9. The number of esters is 1. The number of aromatic nitrogens is 1. The molecule has 1 unspecified atom stereocenters. The molecule has 1 aromatic heterocycles. The second-order valence-electron chi connectivity index (χ2n) is 9.34. The summed E-state index contributed by atoms with van der Waals surface area (Å²) in [6.45, 7) is 15.5. The van der Waals surface area contributed by atoms with Crippen molar-refractivity contribution in [2.24, 2.45) is 0 Å². The zero-order valence-corrected chi connectivity index (χ0v) is 23.7. The summed E-state index contributed by atoms with van der Waals surface area (Å²) < 4.78 is 12.5. The number of fused-ring (bicyclic) bond motifs is 1. The molecule has 2 aromatic carbocycles. The molecule has 1 aliphatic rings. The summed E-state index contributed by atoms with van der Waals surface area (Å²) in [6.07, 6.45) is 1.66. The van der Waals surface area contributed by atoms with Crippen LogP contribution in [0.4, 0.5) is 17.1 Å². The molecule has 206 valence electrons. The van der Waals surface area contributed by atoms with E-state index in [4.69, 9.17) is 9.47 Å². The van der Waals surface area contributed by atoms with E-state index in [0.29, 0.717) is 40.4 Å². The summed E-state index contributed by atoms with van der Waals surface area (Å²) >= 11 is 0. The van der Waals surface area contributed by atoms with E-state index in [1.54, 1.807) is 18.3 Å². The summed E-state index contributed by atoms with van der Waals surface area (Å²) in [5.41, 5.74) is 3.18. The van der Waals surface area contributed by atoms with E-state index in [1.807, 2.05) is 43.3 Å². The van der Waals surface area contributed by atoms with Crippen LogP contribution in [0.2, 0.25) is 0 Å². The number of ether oxygens (including phenoxy) is 2. The standard InChI is InChI=1S/C31H38N4O4/c1-7-34(8-2)22-14-16-25(27(19-22)33-21(6)36)31(29-24(30(37)39-31)13-12-18-32-29)26-17-15-23(35(9-3)10-4)20-28(26)38-11-5/h12-20H,7-11H2,1-6H3,(H,33,36). The molecule has 0 saturated carbocycles. The first-order chi connectivity index (χ1) is 18.8. The molecule has 0 saturated heterocycles. The molecule has 1 aliphatic heterocycles. The maximum absolute atomic E-state index is 13.4. The first-order valence-corrected chi connectivity index (χ1v) is 13.7. The Kier molecular flexibility index (Phi) is 8.43. The quantitative estimate of drug-likeness (QED) is 0.323. The summed E-state index contributed by atoms with van der Waals surface area (Å²) in [5.74, 6) is -0.111. The topological polar surface area (TPSA) is 84.0 Å². The van der Waals surface area contributed by atoms with Crippen molar-refractivity contribution < 1.29 is 19.1 Å². The highest BCUT2D eigenvalue weighted by molar-refractivity contribution is 5.97. The molecule has 1 atom stereocenters. The minimum atomic E-state index is -1.43. The highest BCUT2D eigenvalue weighted by Gasteiger charge is 2.53. The van der Waals surface area contributed by atoms with Crippen LogP contribution in [-0.2, 0) is 15.1 Å². The minimum absolute atomic E-state index is 0.226. The van der Waals surface area contributed by atoms with Crippen molar-refractivity contribution in [3.8, 4) is 5.75 Å². The Morgan fingerprint density at radius 2 is 1.54 bits per heavy atom. The summed E-state index contributed by atoms with van der Waals surface area (Å²) in [5, 5.41) is 3.00. The maximum Gasteiger partial charge on any atom is 0.341 e. The molecule has 39 heavy (non-hydrogen) atoms. The number of hydrogen-bond donors (Lipinski definition) is 1. The number of carbonyl (C=O) groups is 2. The fourth-order valence-electron chi connectivity index (χ4n) is 5.38. The van der Waals surface area contributed by atoms with Crippen LogP contribution in [0.5, 0.6) is 5.75 Å². The van der Waals surface area contributed by atoms with E-state index in [2.05, 4.69) is 47.8 Å². The van der Waals surface area contributed by atoms with Gasteiger partial charge in [-0.3, -0.25) is 9.78 Å². The smallest absolute Gasteiger partial charge is 0.341 e. The van der Waals surface area contributed by atoms with Crippen LogP contribution < -0.4 is 19.9 Å². The van der Waals surface area contributed by atoms with Gasteiger partial charge < -0.3 is 24.6 Å². The lowest BCUT2D eigenvalue weighted by Crippen LogP contribution is -2.33. The van der Waals surface area contributed by atoms with Crippen LogP contribution in [0.25, 0.3) is 0 Å². The van der Waals surface area contributed by atoms with Crippen molar-refractivity contribution >= 4 is 28.9 Å². The molecule has 3 aromatic rings. The number of nitrogens with zero attached hydrogens (tertiary/aromatic N) is 3. The number of hydrogen-bond acceptors (Lipinski definition) is 7. The van der Waals surface area contributed by atoms with Crippen molar-refractivity contribution in [1.82, 2.24) is 4.98 Å². The predicted molar refractivity (Wildman–Crippen MR) is 155 cm³/mol. The Morgan fingerprint density at radius 1 is 0.923 bits per heavy atom. The molecule has 1 N–H and O–H groups in total. The Labute approximate surface area is 230 Å². The molecular weight excluding hydrogens is 492 g/mol. The second kappa shape index (κ2) is 11.8. The number of cyclic esters (lactones) is 1. The average Bonchev–Trinajstić information content (AvgIpc) is 3.23. The molecule has 0 radical (unpaired) electrons. The third kappa shape index (κ3) is 5.03. The van der Waals surface area contributed by atoms with Gasteiger partial charge in [-0.1, -0.05) is 6.07 Å². The van der Waals surface area contributed by atoms with Gasteiger partial charge in [0.05, 0.1) is 17.9 Å². The van der Waals surface area contributed by atoms with Crippen molar-refractivity contribution in [2.45, 2.75) is 47.1 Å². The van der Waals surface area contributed by atoms with E-state index in [-0.39, 0.29) is 5.91 Å². The minimum Gasteiger partial charge on any atom is -0.493 e. The molecule has 0 aliphatic carbocycles. The second-order valence-corrected chi connectivity index (χ2v) is 9.34. The largest absolute Gasteiger partial charge is 0.493 e. The zero-order chi connectivity index (χ0) is 28.2. The predicted octanol–water partition coefficient (Wildman–Crippen LogP) is 5.59. The summed E-state index contributed by atoms with van der Waals surface area (Å²) in [4.78, 5) is 34.9. The number of amides is 1. The molecule has 8 nitrogen and oxygen atoms in total. The van der Waals surface area contributed by atoms with Gasteiger partial charge >= 0.3 is 5.97 Å². The number of nitrogens with one attached hydrogen (secondary N) is 1. The van der Waals surface area contributed by atoms with Crippen LogP contribution in [0, 0.1) is 0 Å². The van der Waals surface area contributed by atoms with Crippen LogP contribution in [0.15, 0.2) is 54.7 Å². The van der Waals surface area contributed by atoms with Gasteiger partial charge in [0.15, 0.2) is 0 Å². The first kappa shape index (κ1) is 28.0. The first-order valence-electron chi connectivity index (χ1n) is 13.7. The van der Waals surface area contributed by atoms with E-state index >= 15 is 0 Å². The summed E-state index contributed by atoms with van der Waals surface area (Å²) in [6, 6.07) is 15.3. The number of anilines is 3. The van der Waals surface area contributed by atoms with Crippen LogP contribution >= 0.6 is 0 Å². The van der Waals surface area contributed by atoms with E-state index in [1.165, 1.54) is 6.92 Å². The SMILES string of the molecule is CCOc1cc(N(CC)CC)ccc1C1(c2ccc(N(CC)CC)cc2NC(C)=O)OC(=O)c2cccnc21. The van der Waals surface area contributed by atoms with Gasteiger partial charge in [0.25, 0.3) is 0 Å². The third-order valence-corrected chi connectivity index (χ3v) is 7.20. The summed E-state index contributed by atoms with van der Waals surface area (Å²) in [7, 11) is 0. The van der Waals surface area contributed by atoms with Gasteiger partial charge in [-0.2, -0.15) is 0 Å². The maximum atomic E-state index is 13.4. The molecular formula is C31H38N4O4. The Balaban J connectivity index is 2.07. The van der Waals surface area contributed by atoms with Crippen molar-refractivity contribution in [3.63, 3.8) is 0 Å². The number of benzene rings is 2. The highest BCUT2D eigenvalue weighted by Crippen LogP contribution is 2.52. The zero-order valence-electron chi connectivity index (χ0n) is 23.7. The lowest BCUT2D eigenvalue weighted by Gasteiger charge is -2.34. The molecule has 2 heterocycles. The lowest BCUT2D eigenvalue weighted by atomic mass is 9.81. The van der Waals surface area contributed by atoms with Crippen LogP contribution in [0.3, 0.4) is 0 Å². The average molecular weight is 531 g/mol. The van der Waals surface area contributed by atoms with Gasteiger partial charge in [-0.25, -0.2) is 4.79 Å². The van der Waals surface area contributed by atoms with E-state index < -0.39 is 11.6 Å². The number of pyridine rings is 1.